The Morgan fingerprint density at radius 2 is 1.74 bits per heavy atom. The molecular weight excluding hydrogens is 424 g/mol. The molecule has 34 heavy (non-hydrogen) atoms. The molecular formula is C28H32N4O2. The van der Waals surface area contributed by atoms with Crippen molar-refractivity contribution in [1.29, 1.82) is 0 Å². The largest absolute Gasteiger partial charge is 0.497 e. The van der Waals surface area contributed by atoms with Crippen molar-refractivity contribution in [1.82, 2.24) is 15.4 Å². The third-order valence-electron chi connectivity index (χ3n) is 6.56. The molecule has 3 aromatic carbocycles. The second kappa shape index (κ2) is 10.7. The highest BCUT2D eigenvalue weighted by Crippen LogP contribution is 2.28. The number of aromatic nitrogens is 1. The molecule has 2 heterocycles. The van der Waals surface area contributed by atoms with Crippen LogP contribution in [0.3, 0.4) is 0 Å². The van der Waals surface area contributed by atoms with E-state index in [2.05, 4.69) is 74.9 Å². The molecule has 0 saturated carbocycles. The number of hydrogen-bond donors (Lipinski definition) is 1. The van der Waals surface area contributed by atoms with Crippen molar-refractivity contribution in [2.24, 2.45) is 0 Å². The lowest BCUT2D eigenvalue weighted by Crippen LogP contribution is -2.46. The molecule has 0 bridgehead atoms. The lowest BCUT2D eigenvalue weighted by atomic mass is 10.0. The van der Waals surface area contributed by atoms with Gasteiger partial charge in [0, 0.05) is 43.5 Å². The molecule has 1 saturated heterocycles. The maximum Gasteiger partial charge on any atom is 0.151 e. The summed E-state index contributed by atoms with van der Waals surface area (Å²) in [6.45, 7) is 7.10. The number of piperazine rings is 1. The summed E-state index contributed by atoms with van der Waals surface area (Å²) in [6.07, 6.45) is 1.12. The lowest BCUT2D eigenvalue weighted by Gasteiger charge is -2.36. The minimum absolute atomic E-state index is 0.697. The number of benzene rings is 3. The molecule has 176 valence electrons. The third-order valence-corrected chi connectivity index (χ3v) is 6.56. The number of hydrogen-bond acceptors (Lipinski definition) is 6. The van der Waals surface area contributed by atoms with Gasteiger partial charge in [0.05, 0.1) is 13.7 Å². The van der Waals surface area contributed by atoms with Gasteiger partial charge >= 0.3 is 0 Å². The van der Waals surface area contributed by atoms with E-state index in [4.69, 9.17) is 9.26 Å². The van der Waals surface area contributed by atoms with Crippen LogP contribution in [0, 0.1) is 0 Å². The molecule has 6 heteroatoms. The van der Waals surface area contributed by atoms with Gasteiger partial charge in [0.1, 0.15) is 11.4 Å². The molecule has 6 nitrogen and oxygen atoms in total. The number of nitrogens with one attached hydrogen (secondary N) is 1. The number of anilines is 1. The second-order valence-corrected chi connectivity index (χ2v) is 8.76. The summed E-state index contributed by atoms with van der Waals surface area (Å²) in [5.74, 6) is 1.78. The van der Waals surface area contributed by atoms with Crippen molar-refractivity contribution in [2.75, 3.05) is 51.3 Å². The highest BCUT2D eigenvalue weighted by Gasteiger charge is 2.17. The Kier molecular flexibility index (Phi) is 7.08. The van der Waals surface area contributed by atoms with E-state index < -0.39 is 0 Å². The summed E-state index contributed by atoms with van der Waals surface area (Å²) >= 11 is 0. The van der Waals surface area contributed by atoms with Gasteiger partial charge in [0.25, 0.3) is 0 Å². The van der Waals surface area contributed by atoms with Gasteiger partial charge in [-0.1, -0.05) is 47.6 Å². The molecule has 0 unspecified atom stereocenters. The third kappa shape index (κ3) is 5.24. The van der Waals surface area contributed by atoms with Crippen LogP contribution in [-0.2, 0) is 6.54 Å². The topological polar surface area (TPSA) is 53.8 Å². The van der Waals surface area contributed by atoms with E-state index in [1.165, 1.54) is 16.5 Å². The first-order valence-corrected chi connectivity index (χ1v) is 12.1. The smallest absolute Gasteiger partial charge is 0.151 e. The summed E-state index contributed by atoms with van der Waals surface area (Å²) in [4.78, 5) is 5.00. The average Bonchev–Trinajstić information content (AvgIpc) is 3.37. The van der Waals surface area contributed by atoms with E-state index in [9.17, 15) is 0 Å². The summed E-state index contributed by atoms with van der Waals surface area (Å²) in [5.41, 5.74) is 3.28. The first-order valence-electron chi connectivity index (χ1n) is 12.1. The number of rotatable bonds is 9. The first kappa shape index (κ1) is 22.4. The Morgan fingerprint density at radius 3 is 2.56 bits per heavy atom. The van der Waals surface area contributed by atoms with Crippen LogP contribution in [0.5, 0.6) is 5.75 Å². The van der Waals surface area contributed by atoms with Crippen molar-refractivity contribution >= 4 is 16.5 Å². The number of ether oxygens (including phenoxy) is 1. The van der Waals surface area contributed by atoms with Crippen LogP contribution >= 0.6 is 0 Å². The summed E-state index contributed by atoms with van der Waals surface area (Å²) in [6, 6.07) is 25.1. The summed E-state index contributed by atoms with van der Waals surface area (Å²) in [7, 11) is 1.71. The Balaban J connectivity index is 1.04. The Bertz CT molecular complexity index is 1190. The Hall–Kier alpha value is -3.35. The average molecular weight is 457 g/mol. The SMILES string of the molecule is COc1ccc(N2CCN(CCCNCc3cc(-c4cccc5ccccc45)no3)CC2)cc1. The van der Waals surface area contributed by atoms with Crippen LogP contribution in [0.4, 0.5) is 5.69 Å². The quantitative estimate of drug-likeness (QED) is 0.365. The maximum atomic E-state index is 5.60. The molecule has 1 aliphatic rings. The van der Waals surface area contributed by atoms with Crippen LogP contribution in [0.2, 0.25) is 0 Å². The van der Waals surface area contributed by atoms with Gasteiger partial charge in [-0.2, -0.15) is 0 Å². The molecule has 0 radical (unpaired) electrons. The van der Waals surface area contributed by atoms with E-state index in [0.29, 0.717) is 6.54 Å². The number of fused-ring (bicyclic) bond motifs is 1. The molecule has 1 N–H and O–H groups in total. The minimum Gasteiger partial charge on any atom is -0.497 e. The van der Waals surface area contributed by atoms with Gasteiger partial charge < -0.3 is 19.5 Å². The van der Waals surface area contributed by atoms with E-state index >= 15 is 0 Å². The molecule has 1 aromatic heterocycles. The standard InChI is InChI=1S/C28H32N4O2/c1-33-24-12-10-23(11-13-24)32-18-16-31(17-19-32)15-5-14-29-21-25-20-28(30-34-25)27-9-4-7-22-6-2-3-8-26(22)27/h2-4,6-13,20,29H,5,14-19,21H2,1H3. The van der Waals surface area contributed by atoms with Crippen LogP contribution in [0.1, 0.15) is 12.2 Å². The van der Waals surface area contributed by atoms with Crippen molar-refractivity contribution in [3.05, 3.63) is 78.6 Å². The maximum absolute atomic E-state index is 5.60. The lowest BCUT2D eigenvalue weighted by molar-refractivity contribution is 0.253. The van der Waals surface area contributed by atoms with Crippen molar-refractivity contribution in [2.45, 2.75) is 13.0 Å². The zero-order chi connectivity index (χ0) is 23.2. The number of methoxy groups -OCH3 is 1. The van der Waals surface area contributed by atoms with Crippen molar-refractivity contribution in [3.63, 3.8) is 0 Å². The van der Waals surface area contributed by atoms with Crippen LogP contribution in [0.15, 0.2) is 77.3 Å². The van der Waals surface area contributed by atoms with Crippen LogP contribution in [-0.4, -0.2) is 56.4 Å². The van der Waals surface area contributed by atoms with E-state index in [-0.39, 0.29) is 0 Å². The summed E-state index contributed by atoms with van der Waals surface area (Å²) in [5, 5.41) is 10.2. The minimum atomic E-state index is 0.697. The molecule has 1 aliphatic heterocycles. The molecule has 0 spiro atoms. The Labute approximate surface area is 201 Å². The normalized spacial score (nSPS) is 14.6. The molecule has 0 aliphatic carbocycles. The number of nitrogens with zero attached hydrogens (tertiary/aromatic N) is 3. The zero-order valence-corrected chi connectivity index (χ0v) is 19.7. The van der Waals surface area contributed by atoms with Crippen molar-refractivity contribution < 1.29 is 9.26 Å². The second-order valence-electron chi connectivity index (χ2n) is 8.76. The van der Waals surface area contributed by atoms with Gasteiger partial charge in [-0.3, -0.25) is 4.90 Å². The van der Waals surface area contributed by atoms with Gasteiger partial charge in [-0.05, 0) is 54.5 Å². The van der Waals surface area contributed by atoms with Crippen LogP contribution in [0.25, 0.3) is 22.0 Å². The van der Waals surface area contributed by atoms with E-state index in [0.717, 1.165) is 68.5 Å². The fourth-order valence-corrected chi connectivity index (χ4v) is 4.63. The fourth-order valence-electron chi connectivity index (χ4n) is 4.63. The van der Waals surface area contributed by atoms with Gasteiger partial charge in [-0.15, -0.1) is 0 Å². The predicted octanol–water partition coefficient (Wildman–Crippen LogP) is 4.81. The van der Waals surface area contributed by atoms with Gasteiger partial charge in [0.2, 0.25) is 0 Å². The zero-order valence-electron chi connectivity index (χ0n) is 19.7. The predicted molar refractivity (Wildman–Crippen MR) is 137 cm³/mol. The molecule has 4 aromatic rings. The van der Waals surface area contributed by atoms with Crippen LogP contribution < -0.4 is 15.0 Å². The molecule has 5 rings (SSSR count). The highest BCUT2D eigenvalue weighted by atomic mass is 16.5. The fraction of sp³-hybridized carbons (Fsp3) is 0.321. The van der Waals surface area contributed by atoms with E-state index in [1.54, 1.807) is 7.11 Å². The summed E-state index contributed by atoms with van der Waals surface area (Å²) < 4.78 is 10.9. The molecule has 0 atom stereocenters. The van der Waals surface area contributed by atoms with E-state index in [1.807, 2.05) is 18.2 Å². The van der Waals surface area contributed by atoms with Gasteiger partial charge in [0.15, 0.2) is 5.76 Å². The molecule has 1 fully saturated rings. The van der Waals surface area contributed by atoms with Crippen molar-refractivity contribution in [3.8, 4) is 17.0 Å². The molecule has 0 amide bonds. The first-order chi connectivity index (χ1) is 16.8. The van der Waals surface area contributed by atoms with Gasteiger partial charge in [-0.25, -0.2) is 0 Å². The Morgan fingerprint density at radius 1 is 0.941 bits per heavy atom. The monoisotopic (exact) mass is 456 g/mol. The highest BCUT2D eigenvalue weighted by molar-refractivity contribution is 5.95.